The van der Waals surface area contributed by atoms with Gasteiger partial charge in [-0.3, -0.25) is 0 Å². The number of ether oxygens (including phenoxy) is 1. The van der Waals surface area contributed by atoms with Gasteiger partial charge in [0.1, 0.15) is 11.9 Å². The molecule has 0 aromatic carbocycles. The highest BCUT2D eigenvalue weighted by Gasteiger charge is 2.40. The Bertz CT molecular complexity index is 378. The standard InChI is InChI=1S/C12H19N3O2/c1-9-14-5-3-10(15-9)11(16)12(7-13)4-2-6-17-8-12/h3,5,11,16H,2,4,6-8,13H2,1H3. The lowest BCUT2D eigenvalue weighted by molar-refractivity contribution is -0.0797. The number of aryl methyl sites for hydroxylation is 1. The summed E-state index contributed by atoms with van der Waals surface area (Å²) in [5.41, 5.74) is 6.06. The number of nitrogens with two attached hydrogens (primary N) is 1. The molecule has 94 valence electrons. The van der Waals surface area contributed by atoms with Gasteiger partial charge < -0.3 is 15.6 Å². The first-order valence-corrected chi connectivity index (χ1v) is 5.93. The molecule has 1 aliphatic heterocycles. The topological polar surface area (TPSA) is 81.3 Å². The summed E-state index contributed by atoms with van der Waals surface area (Å²) in [7, 11) is 0. The van der Waals surface area contributed by atoms with Gasteiger partial charge in [-0.25, -0.2) is 9.97 Å². The minimum Gasteiger partial charge on any atom is -0.386 e. The number of aliphatic hydroxyl groups is 1. The van der Waals surface area contributed by atoms with Crippen molar-refractivity contribution in [1.82, 2.24) is 9.97 Å². The van der Waals surface area contributed by atoms with Crippen LogP contribution in [0, 0.1) is 12.3 Å². The summed E-state index contributed by atoms with van der Waals surface area (Å²) in [5.74, 6) is 0.658. The van der Waals surface area contributed by atoms with Crippen molar-refractivity contribution in [2.24, 2.45) is 11.1 Å². The number of aliphatic hydroxyl groups excluding tert-OH is 1. The maximum absolute atomic E-state index is 10.5. The van der Waals surface area contributed by atoms with Crippen LogP contribution in [0.5, 0.6) is 0 Å². The van der Waals surface area contributed by atoms with Gasteiger partial charge in [-0.2, -0.15) is 0 Å². The predicted octanol–water partition coefficient (Wildman–Crippen LogP) is 0.574. The first-order chi connectivity index (χ1) is 8.18. The lowest BCUT2D eigenvalue weighted by Crippen LogP contribution is -2.44. The summed E-state index contributed by atoms with van der Waals surface area (Å²) in [6.45, 7) is 3.45. The van der Waals surface area contributed by atoms with Crippen molar-refractivity contribution in [3.05, 3.63) is 23.8 Å². The van der Waals surface area contributed by atoms with Crippen molar-refractivity contribution >= 4 is 0 Å². The van der Waals surface area contributed by atoms with Crippen LogP contribution in [0.4, 0.5) is 0 Å². The Kier molecular flexibility index (Phi) is 3.71. The maximum Gasteiger partial charge on any atom is 0.125 e. The summed E-state index contributed by atoms with van der Waals surface area (Å²) >= 11 is 0. The zero-order valence-electron chi connectivity index (χ0n) is 10.1. The van der Waals surface area contributed by atoms with Crippen molar-refractivity contribution in [2.45, 2.75) is 25.9 Å². The van der Waals surface area contributed by atoms with E-state index in [1.165, 1.54) is 0 Å². The van der Waals surface area contributed by atoms with Gasteiger partial charge in [0, 0.05) is 24.8 Å². The van der Waals surface area contributed by atoms with Gasteiger partial charge in [-0.15, -0.1) is 0 Å². The predicted molar refractivity (Wildman–Crippen MR) is 63.3 cm³/mol. The number of hydrogen-bond donors (Lipinski definition) is 2. The normalized spacial score (nSPS) is 26.8. The Balaban J connectivity index is 2.24. The van der Waals surface area contributed by atoms with Gasteiger partial charge in [-0.05, 0) is 25.8 Å². The van der Waals surface area contributed by atoms with E-state index in [4.69, 9.17) is 10.5 Å². The summed E-state index contributed by atoms with van der Waals surface area (Å²) < 4.78 is 5.47. The van der Waals surface area contributed by atoms with Crippen molar-refractivity contribution in [2.75, 3.05) is 19.8 Å². The highest BCUT2D eigenvalue weighted by molar-refractivity contribution is 5.10. The molecule has 5 heteroatoms. The summed E-state index contributed by atoms with van der Waals surface area (Å²) in [6, 6.07) is 1.74. The molecule has 0 aliphatic carbocycles. The fraction of sp³-hybridized carbons (Fsp3) is 0.667. The van der Waals surface area contributed by atoms with Crippen molar-refractivity contribution in [1.29, 1.82) is 0 Å². The molecule has 0 bridgehead atoms. The van der Waals surface area contributed by atoms with E-state index in [2.05, 4.69) is 9.97 Å². The molecule has 1 fully saturated rings. The molecule has 5 nitrogen and oxygen atoms in total. The minimum absolute atomic E-state index is 0.400. The molecule has 2 unspecified atom stereocenters. The van der Waals surface area contributed by atoms with Gasteiger partial charge in [0.15, 0.2) is 0 Å². The average molecular weight is 237 g/mol. The molecule has 0 amide bonds. The number of hydrogen-bond acceptors (Lipinski definition) is 5. The van der Waals surface area contributed by atoms with Crippen LogP contribution in [0.1, 0.15) is 30.5 Å². The van der Waals surface area contributed by atoms with Crippen LogP contribution >= 0.6 is 0 Å². The molecule has 1 aliphatic rings. The largest absolute Gasteiger partial charge is 0.386 e. The molecular formula is C12H19N3O2. The Morgan fingerprint density at radius 3 is 3.06 bits per heavy atom. The van der Waals surface area contributed by atoms with Crippen LogP contribution in [-0.2, 0) is 4.74 Å². The monoisotopic (exact) mass is 237 g/mol. The smallest absolute Gasteiger partial charge is 0.125 e. The number of aromatic nitrogens is 2. The maximum atomic E-state index is 10.5. The average Bonchev–Trinajstić information content (AvgIpc) is 2.38. The molecule has 1 aromatic heterocycles. The molecule has 0 spiro atoms. The van der Waals surface area contributed by atoms with Gasteiger partial charge in [0.25, 0.3) is 0 Å². The lowest BCUT2D eigenvalue weighted by atomic mass is 9.76. The lowest BCUT2D eigenvalue weighted by Gasteiger charge is -2.39. The number of rotatable bonds is 3. The van der Waals surface area contributed by atoms with E-state index in [1.54, 1.807) is 12.3 Å². The van der Waals surface area contributed by atoms with E-state index in [0.717, 1.165) is 19.4 Å². The van der Waals surface area contributed by atoms with Crippen LogP contribution in [-0.4, -0.2) is 34.8 Å². The van der Waals surface area contributed by atoms with Crippen molar-refractivity contribution < 1.29 is 9.84 Å². The Labute approximate surface area is 101 Å². The Morgan fingerprint density at radius 2 is 2.47 bits per heavy atom. The zero-order chi connectivity index (χ0) is 12.3. The van der Waals surface area contributed by atoms with E-state index in [-0.39, 0.29) is 0 Å². The molecule has 17 heavy (non-hydrogen) atoms. The van der Waals surface area contributed by atoms with Crippen molar-refractivity contribution in [3.8, 4) is 0 Å². The van der Waals surface area contributed by atoms with Crippen LogP contribution < -0.4 is 5.73 Å². The third-order valence-corrected chi connectivity index (χ3v) is 3.42. The number of nitrogens with zero attached hydrogens (tertiary/aromatic N) is 2. The third-order valence-electron chi connectivity index (χ3n) is 3.42. The first-order valence-electron chi connectivity index (χ1n) is 5.93. The second kappa shape index (κ2) is 5.08. The third kappa shape index (κ3) is 2.46. The van der Waals surface area contributed by atoms with Crippen LogP contribution in [0.25, 0.3) is 0 Å². The van der Waals surface area contributed by atoms with E-state index in [0.29, 0.717) is 24.7 Å². The van der Waals surface area contributed by atoms with Crippen molar-refractivity contribution in [3.63, 3.8) is 0 Å². The van der Waals surface area contributed by atoms with Crippen LogP contribution in [0.15, 0.2) is 12.3 Å². The van der Waals surface area contributed by atoms with Gasteiger partial charge in [0.2, 0.25) is 0 Å². The van der Waals surface area contributed by atoms with E-state index in [1.807, 2.05) is 6.92 Å². The molecule has 2 heterocycles. The van der Waals surface area contributed by atoms with E-state index >= 15 is 0 Å². The minimum atomic E-state index is -0.686. The zero-order valence-corrected chi connectivity index (χ0v) is 10.1. The Hall–Kier alpha value is -1.04. The van der Waals surface area contributed by atoms with Gasteiger partial charge in [-0.1, -0.05) is 0 Å². The summed E-state index contributed by atoms with van der Waals surface area (Å²) in [5, 5.41) is 10.5. The molecule has 1 aromatic rings. The van der Waals surface area contributed by atoms with Crippen LogP contribution in [0.2, 0.25) is 0 Å². The van der Waals surface area contributed by atoms with E-state index in [9.17, 15) is 5.11 Å². The summed E-state index contributed by atoms with van der Waals surface area (Å²) in [6.07, 6.45) is 2.77. The fourth-order valence-corrected chi connectivity index (χ4v) is 2.30. The molecular weight excluding hydrogens is 218 g/mol. The highest BCUT2D eigenvalue weighted by Crippen LogP contribution is 2.39. The second-order valence-electron chi connectivity index (χ2n) is 4.65. The molecule has 0 saturated carbocycles. The quantitative estimate of drug-likeness (QED) is 0.803. The molecule has 1 saturated heterocycles. The van der Waals surface area contributed by atoms with Crippen LogP contribution in [0.3, 0.4) is 0 Å². The molecule has 2 rings (SSSR count). The second-order valence-corrected chi connectivity index (χ2v) is 4.65. The van der Waals surface area contributed by atoms with E-state index < -0.39 is 11.5 Å². The van der Waals surface area contributed by atoms with Gasteiger partial charge in [0.05, 0.1) is 12.3 Å². The SMILES string of the molecule is Cc1nccc(C(O)C2(CN)CCCOC2)n1. The fourth-order valence-electron chi connectivity index (χ4n) is 2.30. The molecule has 3 N–H and O–H groups in total. The highest BCUT2D eigenvalue weighted by atomic mass is 16.5. The first kappa shape index (κ1) is 12.4. The summed E-state index contributed by atoms with van der Waals surface area (Å²) in [4.78, 5) is 8.30. The van der Waals surface area contributed by atoms with Gasteiger partial charge >= 0.3 is 0 Å². The molecule has 0 radical (unpaired) electrons. The molecule has 2 atom stereocenters. The Morgan fingerprint density at radius 1 is 1.65 bits per heavy atom.